The highest BCUT2D eigenvalue weighted by Gasteiger charge is 2.12. The molecule has 0 radical (unpaired) electrons. The third-order valence-electron chi connectivity index (χ3n) is 3.88. The van der Waals surface area contributed by atoms with Gasteiger partial charge in [-0.3, -0.25) is 4.98 Å². The number of nitrogens with one attached hydrogen (secondary N) is 1. The summed E-state index contributed by atoms with van der Waals surface area (Å²) in [6.07, 6.45) is 2.90. The third-order valence-corrected chi connectivity index (χ3v) is 3.88. The van der Waals surface area contributed by atoms with Crippen molar-refractivity contribution in [1.29, 1.82) is 0 Å². The first kappa shape index (κ1) is 13.8. The fourth-order valence-electron chi connectivity index (χ4n) is 2.79. The van der Waals surface area contributed by atoms with Gasteiger partial charge in [-0.2, -0.15) is 0 Å². The van der Waals surface area contributed by atoms with Crippen molar-refractivity contribution < 1.29 is 0 Å². The van der Waals surface area contributed by atoms with Gasteiger partial charge in [0.25, 0.3) is 0 Å². The maximum absolute atomic E-state index is 4.47. The lowest BCUT2D eigenvalue weighted by Gasteiger charge is -2.17. The van der Waals surface area contributed by atoms with Gasteiger partial charge in [0.15, 0.2) is 0 Å². The van der Waals surface area contributed by atoms with Crippen molar-refractivity contribution in [2.45, 2.75) is 12.3 Å². The molecular formula is C19H20N2. The zero-order valence-electron chi connectivity index (χ0n) is 12.3. The van der Waals surface area contributed by atoms with Crippen LogP contribution in [0.15, 0.2) is 66.9 Å². The number of rotatable bonds is 5. The Morgan fingerprint density at radius 3 is 2.67 bits per heavy atom. The van der Waals surface area contributed by atoms with E-state index in [1.54, 1.807) is 0 Å². The smallest absolute Gasteiger partial charge is 0.0704 e. The fourth-order valence-corrected chi connectivity index (χ4v) is 2.79. The molecule has 0 fully saturated rings. The summed E-state index contributed by atoms with van der Waals surface area (Å²) in [6.45, 7) is 0.966. The number of fused-ring (bicyclic) bond motifs is 1. The predicted molar refractivity (Wildman–Crippen MR) is 88.6 cm³/mol. The molecule has 106 valence electrons. The maximum Gasteiger partial charge on any atom is 0.0704 e. The lowest BCUT2D eigenvalue weighted by molar-refractivity contribution is 0.626. The molecule has 1 N–H and O–H groups in total. The summed E-state index contributed by atoms with van der Waals surface area (Å²) in [6, 6.07) is 21.4. The predicted octanol–water partition coefficient (Wildman–Crippen LogP) is 3.78. The largest absolute Gasteiger partial charge is 0.319 e. The number of hydrogen-bond donors (Lipinski definition) is 1. The van der Waals surface area contributed by atoms with E-state index in [2.05, 4.69) is 64.9 Å². The van der Waals surface area contributed by atoms with E-state index in [9.17, 15) is 0 Å². The summed E-state index contributed by atoms with van der Waals surface area (Å²) in [7, 11) is 2.01. The van der Waals surface area contributed by atoms with Gasteiger partial charge >= 0.3 is 0 Å². The first-order valence-electron chi connectivity index (χ1n) is 7.40. The number of likely N-dealkylation sites (N-methyl/N-ethyl adjacent to an activating group) is 1. The lowest BCUT2D eigenvalue weighted by atomic mass is 9.91. The Labute approximate surface area is 125 Å². The van der Waals surface area contributed by atoms with E-state index in [-0.39, 0.29) is 0 Å². The Morgan fingerprint density at radius 2 is 1.86 bits per heavy atom. The molecule has 21 heavy (non-hydrogen) atoms. The van der Waals surface area contributed by atoms with Crippen molar-refractivity contribution >= 4 is 10.9 Å². The molecule has 0 saturated carbocycles. The van der Waals surface area contributed by atoms with Gasteiger partial charge in [0.2, 0.25) is 0 Å². The van der Waals surface area contributed by atoms with Crippen LogP contribution in [0.4, 0.5) is 0 Å². The fraction of sp³-hybridized carbons (Fsp3) is 0.211. The quantitative estimate of drug-likeness (QED) is 0.767. The van der Waals surface area contributed by atoms with Crippen molar-refractivity contribution in [3.8, 4) is 0 Å². The minimum Gasteiger partial charge on any atom is -0.319 e. The Bertz CT molecular complexity index is 707. The second-order valence-corrected chi connectivity index (χ2v) is 5.40. The Morgan fingerprint density at radius 1 is 1.00 bits per heavy atom. The van der Waals surface area contributed by atoms with Gasteiger partial charge in [-0.25, -0.2) is 0 Å². The van der Waals surface area contributed by atoms with Crippen LogP contribution < -0.4 is 5.32 Å². The number of pyridine rings is 1. The molecule has 0 bridgehead atoms. The maximum atomic E-state index is 4.47. The van der Waals surface area contributed by atoms with Gasteiger partial charge in [0.1, 0.15) is 0 Å². The number of nitrogens with zero attached hydrogens (tertiary/aromatic N) is 1. The summed E-state index contributed by atoms with van der Waals surface area (Å²) in [5.74, 6) is 0.462. The van der Waals surface area contributed by atoms with Crippen LogP contribution in [0.3, 0.4) is 0 Å². The summed E-state index contributed by atoms with van der Waals surface area (Å²) < 4.78 is 0. The average Bonchev–Trinajstić information content (AvgIpc) is 2.55. The van der Waals surface area contributed by atoms with Crippen LogP contribution in [0.1, 0.15) is 17.0 Å². The van der Waals surface area contributed by atoms with Crippen LogP contribution >= 0.6 is 0 Å². The standard InChI is InChI=1S/C19H20N2/c1-20-14-18(12-15-6-3-2-4-7-15)17-10-9-16-8-5-11-21-19(16)13-17/h2-11,13,18,20H,12,14H2,1H3. The van der Waals surface area contributed by atoms with E-state index in [0.717, 1.165) is 18.5 Å². The molecule has 0 aliphatic heterocycles. The van der Waals surface area contributed by atoms with Gasteiger partial charge in [-0.1, -0.05) is 48.5 Å². The molecule has 3 rings (SSSR count). The van der Waals surface area contributed by atoms with Crippen molar-refractivity contribution in [2.75, 3.05) is 13.6 Å². The second-order valence-electron chi connectivity index (χ2n) is 5.40. The molecule has 3 aromatic rings. The zero-order chi connectivity index (χ0) is 14.5. The molecule has 2 heteroatoms. The number of benzene rings is 2. The molecule has 1 unspecified atom stereocenters. The number of aromatic nitrogens is 1. The summed E-state index contributed by atoms with van der Waals surface area (Å²) in [5.41, 5.74) is 3.79. The van der Waals surface area contributed by atoms with E-state index in [1.807, 2.05) is 19.3 Å². The molecule has 0 saturated heterocycles. The Hall–Kier alpha value is -2.19. The SMILES string of the molecule is CNCC(Cc1ccccc1)c1ccc2cccnc2c1. The summed E-state index contributed by atoms with van der Waals surface area (Å²) in [5, 5.41) is 4.51. The average molecular weight is 276 g/mol. The van der Waals surface area contributed by atoms with Crippen LogP contribution in [0.2, 0.25) is 0 Å². The summed E-state index contributed by atoms with van der Waals surface area (Å²) in [4.78, 5) is 4.47. The van der Waals surface area contributed by atoms with Crippen molar-refractivity contribution in [3.63, 3.8) is 0 Å². The topological polar surface area (TPSA) is 24.9 Å². The van der Waals surface area contributed by atoms with Gasteiger partial charge in [-0.15, -0.1) is 0 Å². The van der Waals surface area contributed by atoms with Gasteiger partial charge in [0.05, 0.1) is 5.52 Å². The van der Waals surface area contributed by atoms with Crippen LogP contribution in [-0.4, -0.2) is 18.6 Å². The molecule has 1 atom stereocenters. The lowest BCUT2D eigenvalue weighted by Crippen LogP contribution is -2.19. The van der Waals surface area contributed by atoms with Gasteiger partial charge in [0, 0.05) is 24.0 Å². The first-order valence-corrected chi connectivity index (χ1v) is 7.40. The Balaban J connectivity index is 1.91. The normalized spacial score (nSPS) is 12.4. The van der Waals surface area contributed by atoms with Crippen LogP contribution in [0.5, 0.6) is 0 Å². The van der Waals surface area contributed by atoms with Crippen molar-refractivity contribution in [3.05, 3.63) is 78.0 Å². The molecule has 1 aromatic heterocycles. The van der Waals surface area contributed by atoms with Gasteiger partial charge in [-0.05, 0) is 36.7 Å². The van der Waals surface area contributed by atoms with E-state index < -0.39 is 0 Å². The van der Waals surface area contributed by atoms with E-state index in [0.29, 0.717) is 5.92 Å². The molecule has 2 aromatic carbocycles. The number of hydrogen-bond acceptors (Lipinski definition) is 2. The molecule has 0 aliphatic carbocycles. The van der Waals surface area contributed by atoms with E-state index in [1.165, 1.54) is 16.5 Å². The highest BCUT2D eigenvalue weighted by atomic mass is 14.8. The molecule has 0 aliphatic rings. The monoisotopic (exact) mass is 276 g/mol. The van der Waals surface area contributed by atoms with E-state index >= 15 is 0 Å². The first-order chi connectivity index (χ1) is 10.4. The van der Waals surface area contributed by atoms with Crippen LogP contribution in [0.25, 0.3) is 10.9 Å². The third kappa shape index (κ3) is 3.29. The van der Waals surface area contributed by atoms with Crippen molar-refractivity contribution in [2.24, 2.45) is 0 Å². The van der Waals surface area contributed by atoms with E-state index in [4.69, 9.17) is 0 Å². The summed E-state index contributed by atoms with van der Waals surface area (Å²) >= 11 is 0. The molecule has 0 spiro atoms. The van der Waals surface area contributed by atoms with Crippen molar-refractivity contribution in [1.82, 2.24) is 10.3 Å². The highest BCUT2D eigenvalue weighted by Crippen LogP contribution is 2.23. The molecule has 2 nitrogen and oxygen atoms in total. The Kier molecular flexibility index (Phi) is 4.27. The second kappa shape index (κ2) is 6.51. The minimum atomic E-state index is 0.462. The molecule has 1 heterocycles. The molecule has 0 amide bonds. The van der Waals surface area contributed by atoms with Crippen LogP contribution in [0, 0.1) is 0 Å². The van der Waals surface area contributed by atoms with Crippen LogP contribution in [-0.2, 0) is 6.42 Å². The highest BCUT2D eigenvalue weighted by molar-refractivity contribution is 5.79. The minimum absolute atomic E-state index is 0.462. The zero-order valence-corrected chi connectivity index (χ0v) is 12.3. The molecular weight excluding hydrogens is 256 g/mol. The van der Waals surface area contributed by atoms with Gasteiger partial charge < -0.3 is 5.32 Å².